The maximum absolute atomic E-state index is 13.7. The molecule has 0 aliphatic heterocycles. The van der Waals surface area contributed by atoms with Crippen molar-refractivity contribution >= 4 is 50.7 Å². The van der Waals surface area contributed by atoms with Crippen LogP contribution in [0.4, 0.5) is 11.4 Å². The van der Waals surface area contributed by atoms with Gasteiger partial charge in [-0.1, -0.05) is 77.5 Å². The zero-order valence-electron chi connectivity index (χ0n) is 19.8. The summed E-state index contributed by atoms with van der Waals surface area (Å²) in [4.78, 5) is 15.2. The quantitative estimate of drug-likeness (QED) is 0.265. The van der Waals surface area contributed by atoms with Gasteiger partial charge >= 0.3 is 0 Å². The van der Waals surface area contributed by atoms with E-state index in [9.17, 15) is 13.2 Å². The summed E-state index contributed by atoms with van der Waals surface area (Å²) in [5, 5.41) is 3.28. The minimum atomic E-state index is -4.05. The molecule has 184 valence electrons. The fraction of sp³-hybridized carbons (Fsp3) is 0.107. The Bertz CT molecular complexity index is 1470. The molecular weight excluding hydrogens is 512 g/mol. The van der Waals surface area contributed by atoms with Gasteiger partial charge in [-0.15, -0.1) is 0 Å². The van der Waals surface area contributed by atoms with Crippen molar-refractivity contribution in [2.45, 2.75) is 28.5 Å². The van der Waals surface area contributed by atoms with Gasteiger partial charge in [0.05, 0.1) is 16.3 Å². The van der Waals surface area contributed by atoms with Crippen LogP contribution in [0.15, 0.2) is 112 Å². The number of sulfonamides is 1. The molecule has 0 atom stereocenters. The molecule has 0 aliphatic rings. The Morgan fingerprint density at radius 2 is 1.56 bits per heavy atom. The molecule has 4 aromatic rings. The van der Waals surface area contributed by atoms with Crippen LogP contribution in [0, 0.1) is 13.8 Å². The van der Waals surface area contributed by atoms with Crippen molar-refractivity contribution in [2.24, 2.45) is 0 Å². The molecular formula is C28H25ClN2O3S2. The van der Waals surface area contributed by atoms with Crippen molar-refractivity contribution in [1.29, 1.82) is 0 Å². The van der Waals surface area contributed by atoms with E-state index >= 15 is 0 Å². The van der Waals surface area contributed by atoms with E-state index in [-0.39, 0.29) is 4.90 Å². The predicted octanol–water partition coefficient (Wildman–Crippen LogP) is 6.94. The second-order valence-electron chi connectivity index (χ2n) is 8.21. The van der Waals surface area contributed by atoms with E-state index in [2.05, 4.69) is 5.32 Å². The molecule has 1 N–H and O–H groups in total. The maximum atomic E-state index is 13.7. The Labute approximate surface area is 221 Å². The smallest absolute Gasteiger partial charge is 0.264 e. The van der Waals surface area contributed by atoms with Crippen molar-refractivity contribution in [1.82, 2.24) is 0 Å². The lowest BCUT2D eigenvalue weighted by Crippen LogP contribution is -2.38. The molecule has 0 radical (unpaired) electrons. The summed E-state index contributed by atoms with van der Waals surface area (Å²) >= 11 is 7.73. The molecule has 0 fully saturated rings. The highest BCUT2D eigenvalue weighted by molar-refractivity contribution is 7.99. The highest BCUT2D eigenvalue weighted by Crippen LogP contribution is 2.34. The van der Waals surface area contributed by atoms with Crippen LogP contribution in [0.25, 0.3) is 0 Å². The van der Waals surface area contributed by atoms with Crippen LogP contribution in [-0.2, 0) is 14.8 Å². The number of hydrogen-bond acceptors (Lipinski definition) is 4. The number of carbonyl (C=O) groups is 1. The number of rotatable bonds is 8. The molecule has 1 amide bonds. The van der Waals surface area contributed by atoms with Crippen LogP contribution >= 0.6 is 23.4 Å². The minimum absolute atomic E-state index is 0.0975. The van der Waals surface area contributed by atoms with E-state index in [1.54, 1.807) is 55.5 Å². The van der Waals surface area contributed by atoms with Gasteiger partial charge in [-0.05, 0) is 67.9 Å². The molecule has 8 heteroatoms. The van der Waals surface area contributed by atoms with Crippen LogP contribution in [0.2, 0.25) is 5.02 Å². The topological polar surface area (TPSA) is 66.5 Å². The van der Waals surface area contributed by atoms with Gasteiger partial charge in [0.25, 0.3) is 10.0 Å². The Hall–Kier alpha value is -3.26. The second kappa shape index (κ2) is 11.2. The van der Waals surface area contributed by atoms with Crippen LogP contribution in [0.1, 0.15) is 11.1 Å². The highest BCUT2D eigenvalue weighted by atomic mass is 35.5. The third-order valence-corrected chi connectivity index (χ3v) is 8.56. The third kappa shape index (κ3) is 6.10. The number of aryl methyl sites for hydroxylation is 2. The molecule has 5 nitrogen and oxygen atoms in total. The molecule has 0 bridgehead atoms. The SMILES string of the molecule is Cc1ccc(S(=O)(=O)N(CC(=O)Nc2ccccc2Sc2ccccc2)c2cc(Cl)ccc2C)cc1. The largest absolute Gasteiger partial charge is 0.323 e. The highest BCUT2D eigenvalue weighted by Gasteiger charge is 2.28. The zero-order valence-corrected chi connectivity index (χ0v) is 22.2. The van der Waals surface area contributed by atoms with Crippen LogP contribution in [-0.4, -0.2) is 20.9 Å². The summed E-state index contributed by atoms with van der Waals surface area (Å²) in [5.74, 6) is -0.467. The fourth-order valence-corrected chi connectivity index (χ4v) is 6.15. The first-order valence-electron chi connectivity index (χ1n) is 11.2. The summed E-state index contributed by atoms with van der Waals surface area (Å²) in [5.41, 5.74) is 2.57. The lowest BCUT2D eigenvalue weighted by molar-refractivity contribution is -0.114. The summed E-state index contributed by atoms with van der Waals surface area (Å²) in [6.07, 6.45) is 0. The molecule has 0 saturated carbocycles. The van der Waals surface area contributed by atoms with Crippen molar-refractivity contribution in [2.75, 3.05) is 16.2 Å². The second-order valence-corrected chi connectivity index (χ2v) is 11.6. The van der Waals surface area contributed by atoms with Crippen LogP contribution in [0.5, 0.6) is 0 Å². The Morgan fingerprint density at radius 1 is 0.889 bits per heavy atom. The van der Waals surface area contributed by atoms with Gasteiger partial charge in [-0.2, -0.15) is 0 Å². The fourth-order valence-electron chi connectivity index (χ4n) is 3.58. The number of halogens is 1. The Morgan fingerprint density at radius 3 is 2.28 bits per heavy atom. The number of para-hydroxylation sites is 1. The summed E-state index contributed by atoms with van der Waals surface area (Å²) in [6.45, 7) is 3.25. The number of hydrogen-bond donors (Lipinski definition) is 1. The van der Waals surface area contributed by atoms with Crippen molar-refractivity contribution < 1.29 is 13.2 Å². The summed E-state index contributed by atoms with van der Waals surface area (Å²) < 4.78 is 28.5. The Kier molecular flexibility index (Phi) is 8.04. The van der Waals surface area contributed by atoms with Gasteiger partial charge < -0.3 is 5.32 Å². The van der Waals surface area contributed by atoms with Crippen molar-refractivity contribution in [3.05, 3.63) is 113 Å². The molecule has 0 saturated heterocycles. The van der Waals surface area contributed by atoms with Crippen LogP contribution in [0.3, 0.4) is 0 Å². The zero-order chi connectivity index (χ0) is 25.7. The number of carbonyl (C=O) groups excluding carboxylic acids is 1. The van der Waals surface area contributed by atoms with E-state index < -0.39 is 22.5 Å². The summed E-state index contributed by atoms with van der Waals surface area (Å²) in [6, 6.07) is 28.8. The van der Waals surface area contributed by atoms with Crippen molar-refractivity contribution in [3.8, 4) is 0 Å². The number of amides is 1. The van der Waals surface area contributed by atoms with E-state index in [0.717, 1.165) is 19.7 Å². The number of benzene rings is 4. The molecule has 0 spiro atoms. The molecule has 0 aliphatic carbocycles. The average molecular weight is 537 g/mol. The monoisotopic (exact) mass is 536 g/mol. The maximum Gasteiger partial charge on any atom is 0.264 e. The number of nitrogens with zero attached hydrogens (tertiary/aromatic N) is 1. The van der Waals surface area contributed by atoms with Gasteiger partial charge in [0.1, 0.15) is 6.54 Å². The van der Waals surface area contributed by atoms with Crippen molar-refractivity contribution in [3.63, 3.8) is 0 Å². The molecule has 4 rings (SSSR count). The van der Waals surface area contributed by atoms with Gasteiger partial charge in [0.15, 0.2) is 0 Å². The van der Waals surface area contributed by atoms with Gasteiger partial charge in [0.2, 0.25) is 5.91 Å². The minimum Gasteiger partial charge on any atom is -0.323 e. The Balaban J connectivity index is 1.65. The molecule has 36 heavy (non-hydrogen) atoms. The van der Waals surface area contributed by atoms with E-state index in [1.807, 2.05) is 55.5 Å². The molecule has 0 unspecified atom stereocenters. The normalized spacial score (nSPS) is 11.2. The van der Waals surface area contributed by atoms with E-state index in [1.165, 1.54) is 11.8 Å². The first-order valence-corrected chi connectivity index (χ1v) is 13.8. The average Bonchev–Trinajstić information content (AvgIpc) is 2.86. The van der Waals surface area contributed by atoms with E-state index in [4.69, 9.17) is 11.6 Å². The third-order valence-electron chi connectivity index (χ3n) is 5.47. The molecule has 4 aromatic carbocycles. The first-order chi connectivity index (χ1) is 17.2. The van der Waals surface area contributed by atoms with Crippen LogP contribution < -0.4 is 9.62 Å². The number of nitrogens with one attached hydrogen (secondary N) is 1. The van der Waals surface area contributed by atoms with Gasteiger partial charge in [-0.25, -0.2) is 8.42 Å². The van der Waals surface area contributed by atoms with Gasteiger partial charge in [0, 0.05) is 14.8 Å². The standard InChI is InChI=1S/C28H25ClN2O3S2/c1-20-12-16-24(17-13-20)36(33,34)31(26-18-22(29)15-14-21(26)2)19-28(32)30-25-10-6-7-11-27(25)35-23-8-4-3-5-9-23/h3-18H,19H2,1-2H3,(H,30,32). The summed E-state index contributed by atoms with van der Waals surface area (Å²) in [7, 11) is -4.05. The first kappa shape index (κ1) is 25.8. The lowest BCUT2D eigenvalue weighted by atomic mass is 10.2. The molecule has 0 aromatic heterocycles. The lowest BCUT2D eigenvalue weighted by Gasteiger charge is -2.26. The van der Waals surface area contributed by atoms with E-state index in [0.29, 0.717) is 22.0 Å². The molecule has 0 heterocycles. The predicted molar refractivity (Wildman–Crippen MR) is 148 cm³/mol. The number of anilines is 2. The van der Waals surface area contributed by atoms with Gasteiger partial charge in [-0.3, -0.25) is 9.10 Å².